The minimum Gasteiger partial charge on any atom is -0.497 e. The lowest BCUT2D eigenvalue weighted by Gasteiger charge is -2.57. The zero-order chi connectivity index (χ0) is 25.2. The summed E-state index contributed by atoms with van der Waals surface area (Å²) in [7, 11) is 1.73. The number of hydrogen-bond donors (Lipinski definition) is 3. The maximum atomic E-state index is 11.8. The van der Waals surface area contributed by atoms with Crippen molar-refractivity contribution in [1.29, 1.82) is 0 Å². The molecule has 4 heterocycles. The van der Waals surface area contributed by atoms with Gasteiger partial charge in [-0.3, -0.25) is 19.3 Å². The Morgan fingerprint density at radius 1 is 1.14 bits per heavy atom. The monoisotopic (exact) mass is 486 g/mol. The van der Waals surface area contributed by atoms with Gasteiger partial charge in [-0.2, -0.15) is 0 Å². The van der Waals surface area contributed by atoms with Crippen molar-refractivity contribution < 1.29 is 24.5 Å². The third-order valence-electron chi connectivity index (χ3n) is 7.19. The average molecular weight is 487 g/mol. The highest BCUT2D eigenvalue weighted by molar-refractivity contribution is 5.38. The number of nitrogens with zero attached hydrogens (tertiary/aromatic N) is 3. The molecular formula is C25H34N4O6. The minimum absolute atomic E-state index is 0.0713. The minimum atomic E-state index is -0.250. The van der Waals surface area contributed by atoms with Gasteiger partial charge < -0.3 is 24.8 Å². The number of rotatable bonds is 4. The van der Waals surface area contributed by atoms with E-state index in [4.69, 9.17) is 24.5 Å². The number of piperidine rings is 3. The molecule has 10 heteroatoms. The highest BCUT2D eigenvalue weighted by Crippen LogP contribution is 2.42. The second kappa shape index (κ2) is 12.9. The number of aromatic amines is 1. The number of anilines is 1. The zero-order valence-electron chi connectivity index (χ0n) is 20.0. The van der Waals surface area contributed by atoms with Crippen LogP contribution in [0.15, 0.2) is 41.5 Å². The van der Waals surface area contributed by atoms with Crippen molar-refractivity contribution in [1.82, 2.24) is 14.9 Å². The van der Waals surface area contributed by atoms with Crippen LogP contribution in [0.3, 0.4) is 0 Å². The first-order chi connectivity index (χ1) is 17.0. The van der Waals surface area contributed by atoms with Crippen molar-refractivity contribution in [3.05, 3.63) is 52.6 Å². The van der Waals surface area contributed by atoms with E-state index < -0.39 is 0 Å². The van der Waals surface area contributed by atoms with Crippen LogP contribution in [0.2, 0.25) is 0 Å². The van der Waals surface area contributed by atoms with Gasteiger partial charge in [0.15, 0.2) is 0 Å². The molecule has 2 bridgehead atoms. The van der Waals surface area contributed by atoms with Crippen LogP contribution in [0.4, 0.5) is 5.82 Å². The number of aromatic nitrogens is 2. The summed E-state index contributed by atoms with van der Waals surface area (Å²) >= 11 is 0. The van der Waals surface area contributed by atoms with E-state index in [0.717, 1.165) is 31.1 Å². The third-order valence-corrected chi connectivity index (χ3v) is 7.19. The largest absolute Gasteiger partial charge is 0.497 e. The van der Waals surface area contributed by atoms with Gasteiger partial charge in [-0.05, 0) is 61.8 Å². The number of methoxy groups -OCH3 is 1. The van der Waals surface area contributed by atoms with Crippen molar-refractivity contribution in [2.24, 2.45) is 11.8 Å². The molecule has 2 aromatic rings. The summed E-state index contributed by atoms with van der Waals surface area (Å²) in [5.41, 5.74) is 1.28. The van der Waals surface area contributed by atoms with Crippen LogP contribution < -0.4 is 15.2 Å². The predicted molar refractivity (Wildman–Crippen MR) is 131 cm³/mol. The molecular weight excluding hydrogens is 452 g/mol. The van der Waals surface area contributed by atoms with Crippen LogP contribution in [0.1, 0.15) is 31.2 Å². The molecule has 1 aromatic carbocycles. The summed E-state index contributed by atoms with van der Waals surface area (Å²) in [5.74, 6) is 3.02. The number of carbonyl (C=O) groups is 2. The number of nitrogens with one attached hydrogen (secondary N) is 1. The topological polar surface area (TPSA) is 136 Å². The maximum Gasteiger partial charge on any atom is 0.290 e. The fourth-order valence-corrected chi connectivity index (χ4v) is 5.95. The molecule has 0 aliphatic carbocycles. The molecule has 0 radical (unpaired) electrons. The lowest BCUT2D eigenvalue weighted by atomic mass is 9.71. The molecule has 35 heavy (non-hydrogen) atoms. The Bertz CT molecular complexity index is 1010. The Hall–Kier alpha value is -3.40. The van der Waals surface area contributed by atoms with Crippen molar-refractivity contribution in [2.45, 2.75) is 44.2 Å². The number of ether oxygens (including phenoxy) is 1. The number of carboxylic acid groups (broad SMARTS) is 2. The van der Waals surface area contributed by atoms with Gasteiger partial charge in [0.25, 0.3) is 18.5 Å². The second-order valence-corrected chi connectivity index (χ2v) is 9.06. The van der Waals surface area contributed by atoms with E-state index in [-0.39, 0.29) is 18.5 Å². The second-order valence-electron chi connectivity index (χ2n) is 9.06. The fraction of sp³-hybridized carbons (Fsp3) is 0.520. The van der Waals surface area contributed by atoms with Gasteiger partial charge >= 0.3 is 0 Å². The molecule has 10 nitrogen and oxygen atoms in total. The molecule has 5 rings (SSSR count). The number of hydrogen-bond acceptors (Lipinski definition) is 7. The summed E-state index contributed by atoms with van der Waals surface area (Å²) < 4.78 is 5.46. The van der Waals surface area contributed by atoms with Crippen LogP contribution in [0.25, 0.3) is 0 Å². The van der Waals surface area contributed by atoms with Gasteiger partial charge in [-0.25, -0.2) is 4.98 Å². The molecule has 3 aliphatic heterocycles. The Labute approximate surface area is 204 Å². The molecule has 0 spiro atoms. The van der Waals surface area contributed by atoms with Crippen LogP contribution in [-0.2, 0) is 16.0 Å². The summed E-state index contributed by atoms with van der Waals surface area (Å²) in [6.45, 7) is 2.71. The molecule has 3 fully saturated rings. The molecule has 1 aromatic heterocycles. The van der Waals surface area contributed by atoms with Crippen molar-refractivity contribution >= 4 is 18.8 Å². The van der Waals surface area contributed by atoms with E-state index >= 15 is 0 Å². The Balaban J connectivity index is 0.000000520. The summed E-state index contributed by atoms with van der Waals surface area (Å²) in [5, 5.41) is 13.8. The van der Waals surface area contributed by atoms with Gasteiger partial charge in [0, 0.05) is 31.2 Å². The van der Waals surface area contributed by atoms with E-state index in [1.54, 1.807) is 13.2 Å². The molecule has 3 N–H and O–H groups in total. The highest BCUT2D eigenvalue weighted by atomic mass is 16.5. The van der Waals surface area contributed by atoms with Crippen LogP contribution in [0, 0.1) is 11.8 Å². The predicted octanol–water partition coefficient (Wildman–Crippen LogP) is 2.10. The zero-order valence-corrected chi connectivity index (χ0v) is 20.0. The molecule has 0 saturated carbocycles. The van der Waals surface area contributed by atoms with E-state index in [1.807, 2.05) is 6.07 Å². The van der Waals surface area contributed by atoms with E-state index in [0.29, 0.717) is 23.9 Å². The molecule has 4 atom stereocenters. The lowest BCUT2D eigenvalue weighted by molar-refractivity contribution is -0.123. The van der Waals surface area contributed by atoms with E-state index in [1.165, 1.54) is 44.1 Å². The van der Waals surface area contributed by atoms with Gasteiger partial charge in [0.1, 0.15) is 11.6 Å². The van der Waals surface area contributed by atoms with Crippen molar-refractivity contribution in [3.8, 4) is 5.75 Å². The van der Waals surface area contributed by atoms with Crippen LogP contribution >= 0.6 is 0 Å². The van der Waals surface area contributed by atoms with E-state index in [9.17, 15) is 4.79 Å². The van der Waals surface area contributed by atoms with Gasteiger partial charge in [0.2, 0.25) is 0 Å². The van der Waals surface area contributed by atoms with Gasteiger partial charge in [-0.15, -0.1) is 0 Å². The molecule has 0 unspecified atom stereocenters. The molecule has 190 valence electrons. The fourth-order valence-electron chi connectivity index (χ4n) is 5.95. The number of H-pyrrole nitrogens is 1. The van der Waals surface area contributed by atoms with Crippen molar-refractivity contribution in [2.75, 3.05) is 31.6 Å². The molecule has 3 aliphatic rings. The highest BCUT2D eigenvalue weighted by Gasteiger charge is 2.47. The van der Waals surface area contributed by atoms with Gasteiger partial charge in [0.05, 0.1) is 13.4 Å². The first-order valence-electron chi connectivity index (χ1n) is 11.9. The Morgan fingerprint density at radius 3 is 2.60 bits per heavy atom. The normalized spacial score (nSPS) is 25.0. The summed E-state index contributed by atoms with van der Waals surface area (Å²) in [6, 6.07) is 11.4. The number of benzene rings is 1. The lowest BCUT2D eigenvalue weighted by Crippen LogP contribution is -2.64. The standard InChI is InChI=1S/C23H30N4O2.2CH2O2/c1-29-19-6-4-5-16(9-19)10-21-18-11-17(20-7-2-3-8-27(20)21)13-26(14-18)22-12-23(28)25-15-24-22;2*2-1-3/h4-6,9,12,15,17-18,20-21H,2-3,7-8,10-11,13-14H2,1H3,(H,24,25,28);2*1H,(H,2,3)/t17-,18+,20+,21+;;/m1../s1. The third kappa shape index (κ3) is 6.60. The Morgan fingerprint density at radius 2 is 1.89 bits per heavy atom. The number of fused-ring (bicyclic) bond motifs is 4. The average Bonchev–Trinajstić information content (AvgIpc) is 2.87. The first-order valence-corrected chi connectivity index (χ1v) is 11.9. The van der Waals surface area contributed by atoms with Gasteiger partial charge in [-0.1, -0.05) is 18.6 Å². The molecule has 3 saturated heterocycles. The Kier molecular flexibility index (Phi) is 9.66. The summed E-state index contributed by atoms with van der Waals surface area (Å²) in [4.78, 5) is 40.8. The quantitative estimate of drug-likeness (QED) is 0.555. The summed E-state index contributed by atoms with van der Waals surface area (Å²) in [6.07, 6.45) is 7.81. The smallest absolute Gasteiger partial charge is 0.290 e. The van der Waals surface area contributed by atoms with E-state index in [2.05, 4.69) is 38.0 Å². The molecule has 0 amide bonds. The first kappa shape index (κ1) is 26.2. The maximum absolute atomic E-state index is 11.8. The van der Waals surface area contributed by atoms with Crippen LogP contribution in [0.5, 0.6) is 5.75 Å². The SMILES string of the molecule is COc1cccc(C[C@H]2[C@H]3C[C@H](CN(c4cc(=O)[nH]cn4)C3)[C@@H]3CCCCN32)c1.O=CO.O=CO. The van der Waals surface area contributed by atoms with Crippen LogP contribution in [-0.4, -0.2) is 76.9 Å². The van der Waals surface area contributed by atoms with Crippen molar-refractivity contribution in [3.63, 3.8) is 0 Å².